The van der Waals surface area contributed by atoms with E-state index in [1.54, 1.807) is 17.0 Å². The van der Waals surface area contributed by atoms with Crippen LogP contribution in [0.15, 0.2) is 60.8 Å². The lowest BCUT2D eigenvalue weighted by Crippen LogP contribution is -2.51. The van der Waals surface area contributed by atoms with E-state index < -0.39 is 23.8 Å². The summed E-state index contributed by atoms with van der Waals surface area (Å²) < 4.78 is 53.2. The third-order valence-corrected chi connectivity index (χ3v) is 12.3. The van der Waals surface area contributed by atoms with Gasteiger partial charge in [-0.2, -0.15) is 18.3 Å². The normalized spacial score (nSPS) is 23.0. The van der Waals surface area contributed by atoms with Crippen molar-refractivity contribution >= 4 is 46.0 Å². The minimum Gasteiger partial charge on any atom is -0.494 e. The number of hydrogen-bond donors (Lipinski definition) is 2. The van der Waals surface area contributed by atoms with Gasteiger partial charge in [0.15, 0.2) is 0 Å². The van der Waals surface area contributed by atoms with E-state index in [-0.39, 0.29) is 42.0 Å². The van der Waals surface area contributed by atoms with E-state index in [1.807, 2.05) is 40.0 Å². The molecule has 0 radical (unpaired) electrons. The second-order valence-electron chi connectivity index (χ2n) is 16.2. The molecule has 17 heteroatoms. The van der Waals surface area contributed by atoms with Gasteiger partial charge < -0.3 is 19.7 Å². The highest BCUT2D eigenvalue weighted by atomic mass is 19.4. The number of fused-ring (bicyclic) bond motifs is 1. The van der Waals surface area contributed by atoms with Gasteiger partial charge in [-0.3, -0.25) is 34.2 Å². The summed E-state index contributed by atoms with van der Waals surface area (Å²) in [7, 11) is 1.45. The number of carbonyl (C=O) groups is 4. The largest absolute Gasteiger partial charge is 0.494 e. The number of nitrogens with zero attached hydrogens (tertiary/aromatic N) is 6. The first-order chi connectivity index (χ1) is 28.9. The van der Waals surface area contributed by atoms with Crippen LogP contribution in [0.4, 0.5) is 29.3 Å². The van der Waals surface area contributed by atoms with Crippen LogP contribution >= 0.6 is 0 Å². The Morgan fingerprint density at radius 1 is 0.900 bits per heavy atom. The summed E-state index contributed by atoms with van der Waals surface area (Å²) in [6.45, 7) is 4.56. The molecule has 2 aliphatic carbocycles. The van der Waals surface area contributed by atoms with Crippen molar-refractivity contribution < 1.29 is 41.8 Å². The van der Waals surface area contributed by atoms with Gasteiger partial charge in [0.05, 0.1) is 30.5 Å². The van der Waals surface area contributed by atoms with Crippen LogP contribution in [-0.4, -0.2) is 101 Å². The van der Waals surface area contributed by atoms with Crippen molar-refractivity contribution in [3.05, 3.63) is 72.2 Å². The quantitative estimate of drug-likeness (QED) is 0.179. The molecular weight excluding hydrogens is 782 g/mol. The SMILES string of the molecule is COc1cc2nn(C3CCC(CN4CCN(C(=O)C5CCC(Oc6ccc(N7CCC(=O)NC7=O)cc6)CC5)CC4)CC3)cc2cc1NC(=O)c1cccc(C(F)(F)F)n1. The van der Waals surface area contributed by atoms with Gasteiger partial charge in [-0.1, -0.05) is 6.07 Å². The number of carbonyl (C=O) groups excluding carboxylic acids is 4. The van der Waals surface area contributed by atoms with Gasteiger partial charge in [-0.25, -0.2) is 9.78 Å². The first-order valence-corrected chi connectivity index (χ1v) is 20.7. The van der Waals surface area contributed by atoms with Crippen molar-refractivity contribution in [3.63, 3.8) is 0 Å². The first-order valence-electron chi connectivity index (χ1n) is 20.7. The lowest BCUT2D eigenvalue weighted by Gasteiger charge is -2.40. The van der Waals surface area contributed by atoms with Crippen molar-refractivity contribution in [2.75, 3.05) is 56.6 Å². The number of urea groups is 1. The molecule has 4 fully saturated rings. The molecule has 2 aromatic carbocycles. The monoisotopic (exact) mass is 830 g/mol. The Kier molecular flexibility index (Phi) is 12.0. The lowest BCUT2D eigenvalue weighted by atomic mass is 9.85. The van der Waals surface area contributed by atoms with Crippen LogP contribution in [0.1, 0.15) is 80.0 Å². The second kappa shape index (κ2) is 17.5. The maximum Gasteiger partial charge on any atom is 0.433 e. The zero-order valence-electron chi connectivity index (χ0n) is 33.5. The van der Waals surface area contributed by atoms with Crippen molar-refractivity contribution in [3.8, 4) is 11.5 Å². The Balaban J connectivity index is 0.762. The average molecular weight is 831 g/mol. The summed E-state index contributed by atoms with van der Waals surface area (Å²) >= 11 is 0. The smallest absolute Gasteiger partial charge is 0.433 e. The van der Waals surface area contributed by atoms with Crippen molar-refractivity contribution in [1.29, 1.82) is 0 Å². The fourth-order valence-corrected chi connectivity index (χ4v) is 8.93. The maximum atomic E-state index is 13.5. The van der Waals surface area contributed by atoms with Gasteiger partial charge in [0, 0.05) is 74.9 Å². The first kappa shape index (κ1) is 41.0. The predicted molar refractivity (Wildman–Crippen MR) is 216 cm³/mol. The Morgan fingerprint density at radius 3 is 2.32 bits per heavy atom. The molecule has 0 atom stereocenters. The number of halogens is 3. The fourth-order valence-electron chi connectivity index (χ4n) is 8.93. The van der Waals surface area contributed by atoms with Gasteiger partial charge in [-0.15, -0.1) is 0 Å². The standard InChI is InChI=1S/C43H49F3N8O6/c1-59-37-24-35-29(23-36(37)48-40(56)34-3-2-4-38(47-34)43(44,45)46)26-54(50-35)31-9-5-27(6-10-31)25-51-19-21-52(22-20-51)41(57)28-7-13-32(14-8-28)60-33-15-11-30(12-16-33)53-18-17-39(55)49-42(53)58/h2-4,11-12,15-16,23-24,26-28,31-32H,5-10,13-14,17-22,25H2,1H3,(H,48,56)(H,49,55,58). The summed E-state index contributed by atoms with van der Waals surface area (Å²) in [4.78, 5) is 59.6. The highest BCUT2D eigenvalue weighted by Crippen LogP contribution is 2.36. The molecule has 2 aliphatic heterocycles. The third kappa shape index (κ3) is 9.35. The molecule has 4 heterocycles. The topological polar surface area (TPSA) is 151 Å². The van der Waals surface area contributed by atoms with Gasteiger partial charge in [-0.05, 0) is 99.7 Å². The molecule has 318 valence electrons. The molecule has 60 heavy (non-hydrogen) atoms. The summed E-state index contributed by atoms with van der Waals surface area (Å²) in [5, 5.41) is 10.6. The molecule has 2 N–H and O–H groups in total. The highest BCUT2D eigenvalue weighted by Gasteiger charge is 2.35. The lowest BCUT2D eigenvalue weighted by molar-refractivity contribution is -0.141. The summed E-state index contributed by atoms with van der Waals surface area (Å²) in [5.74, 6) is 0.840. The van der Waals surface area contributed by atoms with Crippen LogP contribution in [-0.2, 0) is 15.8 Å². The summed E-state index contributed by atoms with van der Waals surface area (Å²) in [6, 6.07) is 13.8. The van der Waals surface area contributed by atoms with E-state index >= 15 is 0 Å². The summed E-state index contributed by atoms with van der Waals surface area (Å²) in [6.07, 6.45) is 4.84. The zero-order chi connectivity index (χ0) is 42.0. The van der Waals surface area contributed by atoms with E-state index in [0.29, 0.717) is 35.1 Å². The third-order valence-electron chi connectivity index (χ3n) is 12.3. The Labute approximate surface area is 345 Å². The van der Waals surface area contributed by atoms with Crippen molar-refractivity contribution in [2.24, 2.45) is 11.8 Å². The number of rotatable bonds is 10. The maximum absolute atomic E-state index is 13.5. The number of anilines is 2. The Bertz CT molecular complexity index is 2210. The van der Waals surface area contributed by atoms with Crippen LogP contribution in [0.25, 0.3) is 10.9 Å². The predicted octanol–water partition coefficient (Wildman–Crippen LogP) is 6.67. The number of nitrogens with one attached hydrogen (secondary N) is 2. The molecule has 4 aliphatic rings. The van der Waals surface area contributed by atoms with Gasteiger partial charge in [0.25, 0.3) is 5.91 Å². The number of aromatic nitrogens is 3. The van der Waals surface area contributed by atoms with Crippen molar-refractivity contribution in [1.82, 2.24) is 29.9 Å². The van der Waals surface area contributed by atoms with Crippen LogP contribution in [0.3, 0.4) is 0 Å². The van der Waals surface area contributed by atoms with Crippen LogP contribution in [0.5, 0.6) is 11.5 Å². The number of methoxy groups -OCH3 is 1. The number of amides is 5. The molecular formula is C43H49F3N8O6. The molecule has 4 aromatic rings. The van der Waals surface area contributed by atoms with Crippen LogP contribution in [0, 0.1) is 11.8 Å². The van der Waals surface area contributed by atoms with E-state index in [0.717, 1.165) is 107 Å². The number of piperazine rings is 1. The van der Waals surface area contributed by atoms with Crippen molar-refractivity contribution in [2.45, 2.75) is 76.1 Å². The minimum atomic E-state index is -4.67. The molecule has 14 nitrogen and oxygen atoms in total. The number of pyridine rings is 1. The highest BCUT2D eigenvalue weighted by molar-refractivity contribution is 6.06. The second-order valence-corrected chi connectivity index (χ2v) is 16.2. The van der Waals surface area contributed by atoms with Gasteiger partial charge in [0.2, 0.25) is 11.8 Å². The van der Waals surface area contributed by atoms with Crippen LogP contribution < -0.4 is 25.0 Å². The molecule has 2 saturated carbocycles. The van der Waals surface area contributed by atoms with E-state index in [9.17, 15) is 32.3 Å². The van der Waals surface area contributed by atoms with E-state index in [4.69, 9.17) is 14.6 Å². The van der Waals surface area contributed by atoms with E-state index in [1.165, 1.54) is 13.2 Å². The summed E-state index contributed by atoms with van der Waals surface area (Å²) in [5.41, 5.74) is 0.210. The number of benzene rings is 2. The Morgan fingerprint density at radius 2 is 1.63 bits per heavy atom. The molecule has 2 saturated heterocycles. The minimum absolute atomic E-state index is 0.0153. The molecule has 0 spiro atoms. The molecule has 8 rings (SSSR count). The Hall–Kier alpha value is -5.71. The average Bonchev–Trinajstić information content (AvgIpc) is 3.67. The van der Waals surface area contributed by atoms with Gasteiger partial charge in [0.1, 0.15) is 22.9 Å². The zero-order valence-corrected chi connectivity index (χ0v) is 33.5. The number of imide groups is 1. The molecule has 5 amide bonds. The molecule has 0 bridgehead atoms. The fraction of sp³-hybridized carbons (Fsp3) is 0.488. The van der Waals surface area contributed by atoms with Gasteiger partial charge >= 0.3 is 12.2 Å². The number of hydrogen-bond acceptors (Lipinski definition) is 9. The number of alkyl halides is 3. The van der Waals surface area contributed by atoms with E-state index in [2.05, 4.69) is 20.5 Å². The molecule has 0 unspecified atom stereocenters. The van der Waals surface area contributed by atoms with Crippen LogP contribution in [0.2, 0.25) is 0 Å². The number of ether oxygens (including phenoxy) is 2. The molecule has 2 aromatic heterocycles.